The van der Waals surface area contributed by atoms with Crippen LogP contribution in [0, 0.1) is 13.8 Å². The normalized spacial score (nSPS) is 12.7. The SMILES string of the molecule is Cc1ccc(COCCN[C@@H](c2ccccc2)[C@@H](NS(=O)(=O)c2ccc(C)cc2)c2ccccc2)cc1.[Cl][Ru]. The van der Waals surface area contributed by atoms with E-state index in [0.717, 1.165) is 22.3 Å². The molecule has 39 heavy (non-hydrogen) atoms. The molecule has 0 saturated heterocycles. The Labute approximate surface area is 246 Å². The van der Waals surface area contributed by atoms with E-state index in [2.05, 4.69) is 50.9 Å². The molecule has 0 saturated carbocycles. The second kappa shape index (κ2) is 16.0. The summed E-state index contributed by atoms with van der Waals surface area (Å²) < 4.78 is 35.8. The Balaban J connectivity index is 0.00000205. The molecule has 0 aliphatic heterocycles. The summed E-state index contributed by atoms with van der Waals surface area (Å²) in [6.07, 6.45) is 0. The van der Waals surface area contributed by atoms with Crippen molar-refractivity contribution < 1.29 is 30.5 Å². The van der Waals surface area contributed by atoms with E-state index in [4.69, 9.17) is 4.74 Å². The molecular weight excluding hydrogens is 617 g/mol. The Hall–Kier alpha value is -2.38. The first kappa shape index (κ1) is 31.2. The molecule has 2 atom stereocenters. The van der Waals surface area contributed by atoms with Crippen LogP contribution in [0.2, 0.25) is 0 Å². The molecule has 0 amide bonds. The number of aryl methyl sites for hydroxylation is 2. The predicted molar refractivity (Wildman–Crippen MR) is 155 cm³/mol. The van der Waals surface area contributed by atoms with Crippen LogP contribution >= 0.6 is 9.69 Å². The summed E-state index contributed by atoms with van der Waals surface area (Å²) in [5.74, 6) is 0. The van der Waals surface area contributed by atoms with Crippen LogP contribution < -0.4 is 10.0 Å². The molecule has 207 valence electrons. The zero-order valence-electron chi connectivity index (χ0n) is 22.0. The van der Waals surface area contributed by atoms with Gasteiger partial charge in [-0.05, 0) is 42.7 Å². The van der Waals surface area contributed by atoms with Gasteiger partial charge in [0.15, 0.2) is 0 Å². The van der Waals surface area contributed by atoms with Gasteiger partial charge in [-0.1, -0.05) is 108 Å². The van der Waals surface area contributed by atoms with Gasteiger partial charge in [0, 0.05) is 6.54 Å². The molecular formula is C31H34ClN2O3RuS. The van der Waals surface area contributed by atoms with E-state index in [1.807, 2.05) is 97.0 Å². The number of hydrogen-bond donors (Lipinski definition) is 2. The summed E-state index contributed by atoms with van der Waals surface area (Å²) in [6.45, 7) is 5.58. The van der Waals surface area contributed by atoms with Crippen LogP contribution in [-0.2, 0) is 38.7 Å². The van der Waals surface area contributed by atoms with E-state index in [1.165, 1.54) is 5.56 Å². The summed E-state index contributed by atoms with van der Waals surface area (Å²) in [4.78, 5) is 0.243. The number of halogens is 1. The van der Waals surface area contributed by atoms with Crippen molar-refractivity contribution in [2.24, 2.45) is 0 Å². The van der Waals surface area contributed by atoms with Crippen molar-refractivity contribution >= 4 is 19.7 Å². The van der Waals surface area contributed by atoms with Crippen LogP contribution in [0.3, 0.4) is 0 Å². The zero-order chi connectivity index (χ0) is 28.1. The van der Waals surface area contributed by atoms with E-state index in [9.17, 15) is 8.42 Å². The average molecular weight is 651 g/mol. The molecule has 5 nitrogen and oxygen atoms in total. The fourth-order valence-corrected chi connectivity index (χ4v) is 5.43. The van der Waals surface area contributed by atoms with Gasteiger partial charge < -0.3 is 10.1 Å². The number of nitrogens with one attached hydrogen (secondary N) is 2. The molecule has 0 bridgehead atoms. The monoisotopic (exact) mass is 651 g/mol. The van der Waals surface area contributed by atoms with Crippen molar-refractivity contribution in [2.45, 2.75) is 37.4 Å². The topological polar surface area (TPSA) is 67.4 Å². The van der Waals surface area contributed by atoms with E-state index in [0.29, 0.717) is 19.8 Å². The first-order valence-electron chi connectivity index (χ1n) is 12.6. The van der Waals surface area contributed by atoms with Gasteiger partial charge in [0.05, 0.1) is 30.2 Å². The Kier molecular flexibility index (Phi) is 12.8. The second-order valence-electron chi connectivity index (χ2n) is 9.20. The van der Waals surface area contributed by atoms with Crippen molar-refractivity contribution in [2.75, 3.05) is 13.2 Å². The minimum absolute atomic E-state index is 0.243. The van der Waals surface area contributed by atoms with Crippen molar-refractivity contribution in [1.29, 1.82) is 0 Å². The molecule has 4 aromatic rings. The number of benzene rings is 4. The Morgan fingerprint density at radius 1 is 0.718 bits per heavy atom. The van der Waals surface area contributed by atoms with Gasteiger partial charge >= 0.3 is 27.0 Å². The van der Waals surface area contributed by atoms with Gasteiger partial charge in [0.2, 0.25) is 10.0 Å². The van der Waals surface area contributed by atoms with E-state index < -0.39 is 16.1 Å². The summed E-state index contributed by atoms with van der Waals surface area (Å²) >= 11 is 1.82. The molecule has 8 heteroatoms. The van der Waals surface area contributed by atoms with E-state index in [-0.39, 0.29) is 10.9 Å². The number of sulfonamides is 1. The number of ether oxygens (including phenoxy) is 1. The number of rotatable bonds is 12. The van der Waals surface area contributed by atoms with Crippen molar-refractivity contribution in [3.8, 4) is 0 Å². The fraction of sp³-hybridized carbons (Fsp3) is 0.226. The molecule has 4 aromatic carbocycles. The third-order valence-electron chi connectivity index (χ3n) is 6.26. The fourth-order valence-electron chi connectivity index (χ4n) is 4.19. The maximum absolute atomic E-state index is 13.5. The Morgan fingerprint density at radius 3 is 1.74 bits per heavy atom. The summed E-state index contributed by atoms with van der Waals surface area (Å²) in [5.41, 5.74) is 5.21. The van der Waals surface area contributed by atoms with Crippen molar-refractivity contribution in [3.63, 3.8) is 0 Å². The molecule has 0 unspecified atom stereocenters. The van der Waals surface area contributed by atoms with E-state index in [1.54, 1.807) is 12.1 Å². The maximum atomic E-state index is 13.5. The third kappa shape index (κ3) is 9.64. The third-order valence-corrected chi connectivity index (χ3v) is 7.72. The predicted octanol–water partition coefficient (Wildman–Crippen LogP) is 6.56. The van der Waals surface area contributed by atoms with Crippen LogP contribution in [0.4, 0.5) is 0 Å². The van der Waals surface area contributed by atoms with Crippen LogP contribution in [0.15, 0.2) is 114 Å². The van der Waals surface area contributed by atoms with Crippen molar-refractivity contribution in [3.05, 3.63) is 137 Å². The first-order chi connectivity index (χ1) is 18.9. The van der Waals surface area contributed by atoms with Gasteiger partial charge in [-0.15, -0.1) is 0 Å². The molecule has 4 rings (SSSR count). The van der Waals surface area contributed by atoms with Crippen LogP contribution in [-0.4, -0.2) is 21.6 Å². The van der Waals surface area contributed by atoms with Crippen LogP contribution in [0.1, 0.15) is 39.9 Å². The van der Waals surface area contributed by atoms with Crippen molar-refractivity contribution in [1.82, 2.24) is 10.0 Å². The molecule has 0 fully saturated rings. The Morgan fingerprint density at radius 2 is 1.21 bits per heavy atom. The summed E-state index contributed by atoms with van der Waals surface area (Å²) in [7, 11) is 0.795. The van der Waals surface area contributed by atoms with Crippen LogP contribution in [0.5, 0.6) is 0 Å². The van der Waals surface area contributed by atoms with E-state index >= 15 is 0 Å². The van der Waals surface area contributed by atoms with Gasteiger partial charge in [-0.25, -0.2) is 13.1 Å². The van der Waals surface area contributed by atoms with Gasteiger partial charge in [0.25, 0.3) is 0 Å². The quantitative estimate of drug-likeness (QED) is 0.135. The Bertz CT molecular complexity index is 1350. The van der Waals surface area contributed by atoms with Gasteiger partial charge in [0.1, 0.15) is 0 Å². The minimum atomic E-state index is -3.77. The number of hydrogen-bond acceptors (Lipinski definition) is 4. The molecule has 2 N–H and O–H groups in total. The zero-order valence-corrected chi connectivity index (χ0v) is 25.3. The van der Waals surface area contributed by atoms with Gasteiger partial charge in [-0.3, -0.25) is 0 Å². The molecule has 0 radical (unpaired) electrons. The molecule has 0 aromatic heterocycles. The standard InChI is InChI=1S/C31H34N2O3S.ClH.Ru/c1-24-13-17-26(18-14-24)23-36-22-21-32-30(27-9-5-3-6-10-27)31(28-11-7-4-8-12-28)33-37(34,35)29-19-15-25(2)16-20-29;;/h3-20,30-33H,21-23H2,1-2H3;1H;/q;;+1/p-1/t30-,31-;;/m0../s1. The summed E-state index contributed by atoms with van der Waals surface area (Å²) in [5, 5.41) is 3.56. The molecule has 0 heterocycles. The first-order valence-corrected chi connectivity index (χ1v) is 16.3. The van der Waals surface area contributed by atoms with Crippen LogP contribution in [0.25, 0.3) is 0 Å². The van der Waals surface area contributed by atoms with Gasteiger partial charge in [-0.2, -0.15) is 0 Å². The summed E-state index contributed by atoms with van der Waals surface area (Å²) in [6, 6.07) is 34.0. The molecule has 0 spiro atoms. The average Bonchev–Trinajstić information content (AvgIpc) is 2.97. The second-order valence-corrected chi connectivity index (χ2v) is 10.9. The molecule has 0 aliphatic rings. The molecule has 0 aliphatic carbocycles.